The molecule has 0 heterocycles. The van der Waals surface area contributed by atoms with Gasteiger partial charge < -0.3 is 10.1 Å². The SMILES string of the molecule is CCC(C)NC(=O)CNS(=O)(=O)c1ccc(OC(C)C)cc1. The molecule has 0 aromatic heterocycles. The van der Waals surface area contributed by atoms with E-state index in [1.54, 1.807) is 12.1 Å². The van der Waals surface area contributed by atoms with Gasteiger partial charge in [-0.1, -0.05) is 6.92 Å². The van der Waals surface area contributed by atoms with Crippen LogP contribution in [0.3, 0.4) is 0 Å². The molecule has 0 saturated carbocycles. The van der Waals surface area contributed by atoms with Gasteiger partial charge in [0.05, 0.1) is 17.5 Å². The monoisotopic (exact) mass is 328 g/mol. The number of carbonyl (C=O) groups excluding carboxylic acids is 1. The molecule has 1 aromatic carbocycles. The summed E-state index contributed by atoms with van der Waals surface area (Å²) in [6.07, 6.45) is 0.806. The Labute approximate surface area is 132 Å². The first-order chi connectivity index (χ1) is 10.2. The summed E-state index contributed by atoms with van der Waals surface area (Å²) >= 11 is 0. The molecule has 124 valence electrons. The van der Waals surface area contributed by atoms with Gasteiger partial charge >= 0.3 is 0 Å². The van der Waals surface area contributed by atoms with Crippen molar-refractivity contribution in [2.24, 2.45) is 0 Å². The Morgan fingerprint density at radius 3 is 2.27 bits per heavy atom. The molecule has 0 radical (unpaired) electrons. The highest BCUT2D eigenvalue weighted by Gasteiger charge is 2.16. The lowest BCUT2D eigenvalue weighted by atomic mass is 10.2. The van der Waals surface area contributed by atoms with Crippen molar-refractivity contribution in [1.82, 2.24) is 10.0 Å². The Hall–Kier alpha value is -1.60. The first-order valence-corrected chi connectivity index (χ1v) is 8.78. The summed E-state index contributed by atoms with van der Waals surface area (Å²) in [4.78, 5) is 11.7. The van der Waals surface area contributed by atoms with Crippen LogP contribution in [-0.2, 0) is 14.8 Å². The molecule has 0 spiro atoms. The van der Waals surface area contributed by atoms with Crippen molar-refractivity contribution >= 4 is 15.9 Å². The topological polar surface area (TPSA) is 84.5 Å². The predicted octanol–water partition coefficient (Wildman–Crippen LogP) is 1.67. The fourth-order valence-corrected chi connectivity index (χ4v) is 2.62. The zero-order valence-corrected chi connectivity index (χ0v) is 14.2. The maximum absolute atomic E-state index is 12.1. The molecular formula is C15H24N2O4S. The molecule has 1 aromatic rings. The average Bonchev–Trinajstić information content (AvgIpc) is 2.45. The summed E-state index contributed by atoms with van der Waals surface area (Å²) in [7, 11) is -3.71. The highest BCUT2D eigenvalue weighted by atomic mass is 32.2. The van der Waals surface area contributed by atoms with E-state index in [9.17, 15) is 13.2 Å². The molecule has 1 amide bonds. The Morgan fingerprint density at radius 2 is 1.77 bits per heavy atom. The van der Waals surface area contributed by atoms with Crippen LogP contribution < -0.4 is 14.8 Å². The molecule has 7 heteroatoms. The third kappa shape index (κ3) is 6.03. The van der Waals surface area contributed by atoms with E-state index < -0.39 is 10.0 Å². The maximum Gasteiger partial charge on any atom is 0.241 e. The smallest absolute Gasteiger partial charge is 0.241 e. The Morgan fingerprint density at radius 1 is 1.18 bits per heavy atom. The molecule has 1 rings (SSSR count). The van der Waals surface area contributed by atoms with Gasteiger partial charge in [0.2, 0.25) is 15.9 Å². The number of ether oxygens (including phenoxy) is 1. The number of rotatable bonds is 8. The second-order valence-electron chi connectivity index (χ2n) is 5.34. The van der Waals surface area contributed by atoms with Crippen LogP contribution in [0.4, 0.5) is 0 Å². The van der Waals surface area contributed by atoms with Gasteiger partial charge in [-0.25, -0.2) is 13.1 Å². The number of carbonyl (C=O) groups is 1. The number of nitrogens with one attached hydrogen (secondary N) is 2. The van der Waals surface area contributed by atoms with Crippen molar-refractivity contribution in [3.63, 3.8) is 0 Å². The zero-order chi connectivity index (χ0) is 16.8. The third-order valence-corrected chi connectivity index (χ3v) is 4.37. The predicted molar refractivity (Wildman–Crippen MR) is 85.3 cm³/mol. The normalized spacial score (nSPS) is 13.0. The zero-order valence-electron chi connectivity index (χ0n) is 13.4. The number of benzene rings is 1. The molecule has 0 aliphatic carbocycles. The van der Waals surface area contributed by atoms with Gasteiger partial charge in [0.25, 0.3) is 0 Å². The Balaban J connectivity index is 2.64. The molecule has 0 aliphatic rings. The summed E-state index contributed by atoms with van der Waals surface area (Å²) < 4.78 is 31.9. The van der Waals surface area contributed by atoms with Crippen molar-refractivity contribution in [3.05, 3.63) is 24.3 Å². The van der Waals surface area contributed by atoms with E-state index in [1.165, 1.54) is 12.1 Å². The maximum atomic E-state index is 12.1. The number of hydrogen-bond donors (Lipinski definition) is 2. The van der Waals surface area contributed by atoms with Crippen LogP contribution in [0.15, 0.2) is 29.2 Å². The number of amides is 1. The van der Waals surface area contributed by atoms with Crippen molar-refractivity contribution in [2.75, 3.05) is 6.54 Å². The van der Waals surface area contributed by atoms with Crippen molar-refractivity contribution < 1.29 is 17.9 Å². The van der Waals surface area contributed by atoms with Gasteiger partial charge in [-0.2, -0.15) is 0 Å². The van der Waals surface area contributed by atoms with Gasteiger partial charge in [0.15, 0.2) is 0 Å². The van der Waals surface area contributed by atoms with Crippen LogP contribution in [-0.4, -0.2) is 33.0 Å². The van der Waals surface area contributed by atoms with Gasteiger partial charge in [-0.3, -0.25) is 4.79 Å². The van der Waals surface area contributed by atoms with Gasteiger partial charge in [0.1, 0.15) is 5.75 Å². The fourth-order valence-electron chi connectivity index (χ4n) is 1.64. The van der Waals surface area contributed by atoms with Crippen LogP contribution in [0.25, 0.3) is 0 Å². The number of hydrogen-bond acceptors (Lipinski definition) is 4. The lowest BCUT2D eigenvalue weighted by molar-refractivity contribution is -0.120. The van der Waals surface area contributed by atoms with E-state index in [0.29, 0.717) is 5.75 Å². The van der Waals surface area contributed by atoms with Gasteiger partial charge in [-0.15, -0.1) is 0 Å². The number of sulfonamides is 1. The summed E-state index contributed by atoms with van der Waals surface area (Å²) in [5, 5.41) is 2.70. The largest absolute Gasteiger partial charge is 0.491 e. The Bertz CT molecular complexity index is 582. The van der Waals surface area contributed by atoms with Crippen molar-refractivity contribution in [3.8, 4) is 5.75 Å². The lowest BCUT2D eigenvalue weighted by Crippen LogP contribution is -2.40. The molecule has 0 bridgehead atoms. The van der Waals surface area contributed by atoms with E-state index in [-0.39, 0.29) is 29.5 Å². The molecule has 0 aliphatic heterocycles. The standard InChI is InChI=1S/C15H24N2O4S/c1-5-12(4)17-15(18)10-16-22(19,20)14-8-6-13(7-9-14)21-11(2)3/h6-9,11-12,16H,5,10H2,1-4H3,(H,17,18). The van der Waals surface area contributed by atoms with Crippen LogP contribution in [0.2, 0.25) is 0 Å². The quantitative estimate of drug-likeness (QED) is 0.760. The first-order valence-electron chi connectivity index (χ1n) is 7.30. The van der Waals surface area contributed by atoms with E-state index >= 15 is 0 Å². The molecule has 1 unspecified atom stereocenters. The molecule has 0 saturated heterocycles. The molecule has 6 nitrogen and oxygen atoms in total. The van der Waals surface area contributed by atoms with Crippen LogP contribution >= 0.6 is 0 Å². The van der Waals surface area contributed by atoms with E-state index in [1.807, 2.05) is 27.7 Å². The highest BCUT2D eigenvalue weighted by Crippen LogP contribution is 2.16. The van der Waals surface area contributed by atoms with Crippen LogP contribution in [0.5, 0.6) is 5.75 Å². The molecule has 22 heavy (non-hydrogen) atoms. The highest BCUT2D eigenvalue weighted by molar-refractivity contribution is 7.89. The minimum atomic E-state index is -3.71. The summed E-state index contributed by atoms with van der Waals surface area (Å²) in [6, 6.07) is 6.10. The minimum absolute atomic E-state index is 0.0180. The summed E-state index contributed by atoms with van der Waals surface area (Å²) in [6.45, 7) is 7.30. The van der Waals surface area contributed by atoms with E-state index in [2.05, 4.69) is 10.0 Å². The first kappa shape index (κ1) is 18.4. The average molecular weight is 328 g/mol. The second-order valence-corrected chi connectivity index (χ2v) is 7.11. The lowest BCUT2D eigenvalue weighted by Gasteiger charge is -2.13. The van der Waals surface area contributed by atoms with Gasteiger partial charge in [0, 0.05) is 6.04 Å². The van der Waals surface area contributed by atoms with Crippen molar-refractivity contribution in [1.29, 1.82) is 0 Å². The molecule has 2 N–H and O–H groups in total. The Kier molecular flexibility index (Phi) is 6.83. The van der Waals surface area contributed by atoms with Crippen LogP contribution in [0.1, 0.15) is 34.1 Å². The molecule has 1 atom stereocenters. The van der Waals surface area contributed by atoms with Gasteiger partial charge in [-0.05, 0) is 51.5 Å². The third-order valence-electron chi connectivity index (χ3n) is 2.95. The summed E-state index contributed by atoms with van der Waals surface area (Å²) in [5.74, 6) is 0.251. The van der Waals surface area contributed by atoms with E-state index in [0.717, 1.165) is 6.42 Å². The van der Waals surface area contributed by atoms with Crippen LogP contribution in [0, 0.1) is 0 Å². The molecule has 0 fully saturated rings. The summed E-state index contributed by atoms with van der Waals surface area (Å²) in [5.41, 5.74) is 0. The minimum Gasteiger partial charge on any atom is -0.491 e. The second kappa shape index (κ2) is 8.14. The van der Waals surface area contributed by atoms with Crippen molar-refractivity contribution in [2.45, 2.75) is 51.2 Å². The van der Waals surface area contributed by atoms with E-state index in [4.69, 9.17) is 4.74 Å². The fraction of sp³-hybridized carbons (Fsp3) is 0.533. The molecular weight excluding hydrogens is 304 g/mol.